The number of ketones is 1. The summed E-state index contributed by atoms with van der Waals surface area (Å²) in [4.78, 5) is 21.7. The summed E-state index contributed by atoms with van der Waals surface area (Å²) in [5.41, 5.74) is 0.504. The summed E-state index contributed by atoms with van der Waals surface area (Å²) in [5, 5.41) is 8.70. The highest BCUT2D eigenvalue weighted by atomic mass is 35.5. The lowest BCUT2D eigenvalue weighted by Crippen LogP contribution is -1.99. The predicted molar refractivity (Wildman–Crippen MR) is 51.6 cm³/mol. The summed E-state index contributed by atoms with van der Waals surface area (Å²) >= 11 is 5.78. The van der Waals surface area contributed by atoms with Crippen molar-refractivity contribution in [3.63, 3.8) is 0 Å². The molecule has 0 aliphatic heterocycles. The Morgan fingerprint density at radius 1 is 1.57 bits per heavy atom. The number of nitrogens with zero attached hydrogens (tertiary/aromatic N) is 1. The van der Waals surface area contributed by atoms with Crippen molar-refractivity contribution in [3.8, 4) is 6.07 Å². The first-order valence-corrected chi connectivity index (χ1v) is 4.18. The van der Waals surface area contributed by atoms with E-state index in [1.807, 2.05) is 6.07 Å². The van der Waals surface area contributed by atoms with Crippen molar-refractivity contribution in [3.05, 3.63) is 33.8 Å². The third-order valence-corrected chi connectivity index (χ3v) is 2.20. The van der Waals surface area contributed by atoms with Crippen LogP contribution in [0.4, 0.5) is 0 Å². The van der Waals surface area contributed by atoms with E-state index in [9.17, 15) is 9.59 Å². The maximum Gasteiger partial charge on any atom is 0.161 e. The van der Waals surface area contributed by atoms with E-state index in [2.05, 4.69) is 0 Å². The van der Waals surface area contributed by atoms with Gasteiger partial charge in [0.2, 0.25) is 0 Å². The van der Waals surface area contributed by atoms with Crippen LogP contribution in [-0.4, -0.2) is 12.1 Å². The SMILES string of the molecule is CC(=O)c1ccc(C#N)c(C=O)c1Cl. The van der Waals surface area contributed by atoms with Crippen LogP contribution in [0.5, 0.6) is 0 Å². The van der Waals surface area contributed by atoms with Crippen molar-refractivity contribution >= 4 is 23.7 Å². The molecule has 0 aliphatic carbocycles. The number of halogens is 1. The second kappa shape index (κ2) is 4.03. The van der Waals surface area contributed by atoms with Crippen LogP contribution in [0.2, 0.25) is 5.02 Å². The van der Waals surface area contributed by atoms with Gasteiger partial charge < -0.3 is 0 Å². The van der Waals surface area contributed by atoms with Crippen molar-refractivity contribution in [2.45, 2.75) is 6.92 Å². The molecular weight excluding hydrogens is 202 g/mol. The molecule has 0 N–H and O–H groups in total. The molecule has 0 bridgehead atoms. The minimum Gasteiger partial charge on any atom is -0.298 e. The second-order valence-corrected chi connectivity index (χ2v) is 3.05. The van der Waals surface area contributed by atoms with Gasteiger partial charge in [-0.25, -0.2) is 0 Å². The van der Waals surface area contributed by atoms with E-state index in [0.717, 1.165) is 0 Å². The van der Waals surface area contributed by atoms with Gasteiger partial charge in [-0.3, -0.25) is 9.59 Å². The summed E-state index contributed by atoms with van der Waals surface area (Å²) < 4.78 is 0. The van der Waals surface area contributed by atoms with Crippen LogP contribution in [0.15, 0.2) is 12.1 Å². The Bertz CT molecular complexity index is 446. The van der Waals surface area contributed by atoms with E-state index in [0.29, 0.717) is 6.29 Å². The summed E-state index contributed by atoms with van der Waals surface area (Å²) in [6, 6.07) is 4.68. The highest BCUT2D eigenvalue weighted by molar-refractivity contribution is 6.36. The van der Waals surface area contributed by atoms with Crippen LogP contribution < -0.4 is 0 Å². The number of nitriles is 1. The molecule has 0 aliphatic rings. The van der Waals surface area contributed by atoms with E-state index >= 15 is 0 Å². The molecule has 0 spiro atoms. The topological polar surface area (TPSA) is 57.9 Å². The monoisotopic (exact) mass is 207 g/mol. The molecule has 1 aromatic carbocycles. The standard InChI is InChI=1S/C10H6ClNO2/c1-6(14)8-3-2-7(4-12)9(5-13)10(8)11/h2-3,5H,1H3. The number of carbonyl (C=O) groups is 2. The molecule has 0 fully saturated rings. The fraction of sp³-hybridized carbons (Fsp3) is 0.100. The van der Waals surface area contributed by atoms with Gasteiger partial charge >= 0.3 is 0 Å². The number of hydrogen-bond donors (Lipinski definition) is 0. The van der Waals surface area contributed by atoms with E-state index in [4.69, 9.17) is 16.9 Å². The Hall–Kier alpha value is -1.66. The zero-order valence-corrected chi connectivity index (χ0v) is 8.13. The van der Waals surface area contributed by atoms with Gasteiger partial charge in [-0.2, -0.15) is 5.26 Å². The molecular formula is C10H6ClNO2. The molecule has 3 nitrogen and oxygen atoms in total. The molecule has 14 heavy (non-hydrogen) atoms. The van der Waals surface area contributed by atoms with E-state index in [1.165, 1.54) is 19.1 Å². The average Bonchev–Trinajstić information content (AvgIpc) is 2.16. The molecule has 1 aromatic rings. The largest absolute Gasteiger partial charge is 0.298 e. The summed E-state index contributed by atoms with van der Waals surface area (Å²) in [6.45, 7) is 1.35. The van der Waals surface area contributed by atoms with Crippen LogP contribution in [-0.2, 0) is 0 Å². The van der Waals surface area contributed by atoms with Crippen molar-refractivity contribution in [1.82, 2.24) is 0 Å². The Balaban J connectivity index is 3.52. The first-order chi connectivity index (χ1) is 6.61. The number of carbonyl (C=O) groups excluding carboxylic acids is 2. The van der Waals surface area contributed by atoms with Gasteiger partial charge in [-0.05, 0) is 19.1 Å². The Morgan fingerprint density at radius 3 is 2.64 bits per heavy atom. The fourth-order valence-electron chi connectivity index (χ4n) is 1.08. The lowest BCUT2D eigenvalue weighted by Gasteiger charge is -2.03. The molecule has 70 valence electrons. The minimum absolute atomic E-state index is 0.0477. The summed E-state index contributed by atoms with van der Waals surface area (Å²) in [6.07, 6.45) is 0.479. The van der Waals surface area contributed by atoms with Crippen LogP contribution >= 0.6 is 11.6 Å². The maximum absolute atomic E-state index is 11.1. The molecule has 0 saturated carbocycles. The zero-order valence-electron chi connectivity index (χ0n) is 7.37. The quantitative estimate of drug-likeness (QED) is 0.552. The molecule has 1 rings (SSSR count). The third kappa shape index (κ3) is 1.66. The van der Waals surface area contributed by atoms with Crippen LogP contribution in [0.1, 0.15) is 33.2 Å². The van der Waals surface area contributed by atoms with E-state index < -0.39 is 0 Å². The number of aldehydes is 1. The Kier molecular flexibility index (Phi) is 3.00. The number of hydrogen-bond acceptors (Lipinski definition) is 3. The van der Waals surface area contributed by atoms with Gasteiger partial charge in [0.05, 0.1) is 22.2 Å². The summed E-state index contributed by atoms with van der Waals surface area (Å²) in [5.74, 6) is -0.234. The predicted octanol–water partition coefficient (Wildman–Crippen LogP) is 2.23. The highest BCUT2D eigenvalue weighted by Crippen LogP contribution is 2.23. The van der Waals surface area contributed by atoms with Crippen LogP contribution in [0.25, 0.3) is 0 Å². The van der Waals surface area contributed by atoms with Gasteiger partial charge in [-0.1, -0.05) is 11.6 Å². The number of benzene rings is 1. The number of Topliss-reactive ketones (excluding diaryl/α,β-unsaturated/α-hetero) is 1. The highest BCUT2D eigenvalue weighted by Gasteiger charge is 2.13. The van der Waals surface area contributed by atoms with Gasteiger partial charge in [0.1, 0.15) is 0 Å². The first kappa shape index (κ1) is 10.4. The van der Waals surface area contributed by atoms with Crippen molar-refractivity contribution < 1.29 is 9.59 Å². The summed E-state index contributed by atoms with van der Waals surface area (Å²) in [7, 11) is 0. The van der Waals surface area contributed by atoms with E-state index in [-0.39, 0.29) is 27.5 Å². The number of rotatable bonds is 2. The van der Waals surface area contributed by atoms with Crippen LogP contribution in [0.3, 0.4) is 0 Å². The van der Waals surface area contributed by atoms with E-state index in [1.54, 1.807) is 0 Å². The van der Waals surface area contributed by atoms with Crippen molar-refractivity contribution in [2.24, 2.45) is 0 Å². The smallest absolute Gasteiger partial charge is 0.161 e. The van der Waals surface area contributed by atoms with Gasteiger partial charge in [0, 0.05) is 5.56 Å². The van der Waals surface area contributed by atoms with Crippen molar-refractivity contribution in [1.29, 1.82) is 5.26 Å². The lowest BCUT2D eigenvalue weighted by molar-refractivity contribution is 0.101. The molecule has 0 aromatic heterocycles. The van der Waals surface area contributed by atoms with Gasteiger partial charge in [0.25, 0.3) is 0 Å². The first-order valence-electron chi connectivity index (χ1n) is 3.80. The second-order valence-electron chi connectivity index (χ2n) is 2.67. The van der Waals surface area contributed by atoms with Gasteiger partial charge in [0.15, 0.2) is 12.1 Å². The molecule has 0 saturated heterocycles. The van der Waals surface area contributed by atoms with Gasteiger partial charge in [-0.15, -0.1) is 0 Å². The molecule has 0 radical (unpaired) electrons. The fourth-order valence-corrected chi connectivity index (χ4v) is 1.42. The average molecular weight is 208 g/mol. The molecule has 0 amide bonds. The molecule has 0 atom stereocenters. The zero-order chi connectivity index (χ0) is 10.7. The Labute approximate surface area is 85.9 Å². The normalized spacial score (nSPS) is 9.21. The van der Waals surface area contributed by atoms with Crippen molar-refractivity contribution in [2.75, 3.05) is 0 Å². The maximum atomic E-state index is 11.1. The lowest BCUT2D eigenvalue weighted by atomic mass is 10.0. The Morgan fingerprint density at radius 2 is 2.21 bits per heavy atom. The third-order valence-electron chi connectivity index (χ3n) is 1.80. The molecule has 0 unspecified atom stereocenters. The minimum atomic E-state index is -0.234. The molecule has 4 heteroatoms. The molecule has 0 heterocycles. The van der Waals surface area contributed by atoms with Crippen LogP contribution in [0, 0.1) is 11.3 Å².